The topological polar surface area (TPSA) is 78.4 Å². The summed E-state index contributed by atoms with van der Waals surface area (Å²) in [5, 5.41) is 15.9. The Kier molecular flexibility index (Phi) is 7.39. The van der Waals surface area contributed by atoms with Crippen LogP contribution in [0.1, 0.15) is 38.7 Å². The van der Waals surface area contributed by atoms with E-state index in [-0.39, 0.29) is 13.2 Å². The number of hydrogen-bond acceptors (Lipinski definition) is 5. The van der Waals surface area contributed by atoms with E-state index in [0.717, 1.165) is 37.1 Å². The monoisotopic (exact) mass is 390 g/mol. The largest absolute Gasteiger partial charge is 0.493 e. The molecule has 1 saturated heterocycles. The van der Waals surface area contributed by atoms with Gasteiger partial charge < -0.3 is 25.2 Å². The van der Waals surface area contributed by atoms with Crippen LogP contribution in [0.5, 0.6) is 11.5 Å². The molecule has 7 heteroatoms. The lowest BCUT2D eigenvalue weighted by Crippen LogP contribution is -2.44. The number of aliphatic hydroxyl groups excluding tert-OH is 1. The van der Waals surface area contributed by atoms with Crippen LogP contribution in [0.3, 0.4) is 0 Å². The van der Waals surface area contributed by atoms with E-state index in [1.807, 2.05) is 18.2 Å². The lowest BCUT2D eigenvalue weighted by Gasteiger charge is -2.20. The van der Waals surface area contributed by atoms with Crippen molar-refractivity contribution in [1.29, 1.82) is 0 Å². The molecule has 3 rings (SSSR count). The van der Waals surface area contributed by atoms with Gasteiger partial charge in [0, 0.05) is 31.2 Å². The fourth-order valence-corrected chi connectivity index (χ4v) is 3.84. The molecule has 1 aliphatic heterocycles. The molecule has 1 aliphatic carbocycles. The summed E-state index contributed by atoms with van der Waals surface area (Å²) >= 11 is 0. The van der Waals surface area contributed by atoms with E-state index < -0.39 is 0 Å². The molecule has 0 bridgehead atoms. The maximum Gasteiger partial charge on any atom is 0.191 e. The van der Waals surface area contributed by atoms with Gasteiger partial charge in [0.05, 0.1) is 20.3 Å². The van der Waals surface area contributed by atoms with Crippen LogP contribution in [0.4, 0.5) is 0 Å². The molecule has 1 heterocycles. The highest BCUT2D eigenvalue weighted by Crippen LogP contribution is 2.33. The van der Waals surface area contributed by atoms with Crippen LogP contribution in [0.2, 0.25) is 0 Å². The minimum atomic E-state index is -0.0229. The minimum Gasteiger partial charge on any atom is -0.493 e. The zero-order valence-electron chi connectivity index (χ0n) is 17.3. The van der Waals surface area contributed by atoms with E-state index in [1.165, 1.54) is 12.8 Å². The van der Waals surface area contributed by atoms with E-state index >= 15 is 0 Å². The molecule has 2 fully saturated rings. The van der Waals surface area contributed by atoms with Crippen LogP contribution in [-0.2, 0) is 6.54 Å². The van der Waals surface area contributed by atoms with Crippen LogP contribution in [0.15, 0.2) is 23.2 Å². The van der Waals surface area contributed by atoms with Gasteiger partial charge >= 0.3 is 0 Å². The van der Waals surface area contributed by atoms with Gasteiger partial charge in [-0.15, -0.1) is 0 Å². The number of rotatable bonds is 9. The highest BCUT2D eigenvalue weighted by atomic mass is 16.5. The number of ether oxygens (including phenoxy) is 2. The number of aliphatic hydroxyl groups is 1. The summed E-state index contributed by atoms with van der Waals surface area (Å²) in [6.07, 6.45) is 3.86. The summed E-state index contributed by atoms with van der Waals surface area (Å²) in [4.78, 5) is 7.40. The average molecular weight is 391 g/mol. The van der Waals surface area contributed by atoms with Crippen molar-refractivity contribution >= 4 is 5.96 Å². The van der Waals surface area contributed by atoms with Crippen molar-refractivity contribution in [2.45, 2.75) is 57.8 Å². The number of hydrogen-bond donors (Lipinski definition) is 3. The van der Waals surface area contributed by atoms with E-state index in [0.29, 0.717) is 30.1 Å². The Balaban J connectivity index is 1.60. The summed E-state index contributed by atoms with van der Waals surface area (Å²) in [6.45, 7) is 7.13. The van der Waals surface area contributed by atoms with Gasteiger partial charge in [-0.05, 0) is 50.8 Å². The van der Waals surface area contributed by atoms with Gasteiger partial charge in [-0.3, -0.25) is 4.90 Å². The second kappa shape index (κ2) is 9.98. The smallest absolute Gasteiger partial charge is 0.191 e. The van der Waals surface area contributed by atoms with Gasteiger partial charge in [0.15, 0.2) is 17.5 Å². The molecule has 0 aromatic heterocycles. The fourth-order valence-electron chi connectivity index (χ4n) is 3.84. The summed E-state index contributed by atoms with van der Waals surface area (Å²) in [5.41, 5.74) is 1.05. The van der Waals surface area contributed by atoms with Crippen LogP contribution < -0.4 is 20.1 Å². The van der Waals surface area contributed by atoms with Crippen molar-refractivity contribution in [3.63, 3.8) is 0 Å². The third kappa shape index (κ3) is 5.52. The van der Waals surface area contributed by atoms with Gasteiger partial charge in [0.25, 0.3) is 0 Å². The minimum absolute atomic E-state index is 0.0229. The van der Waals surface area contributed by atoms with Gasteiger partial charge in [-0.1, -0.05) is 6.07 Å². The van der Waals surface area contributed by atoms with Gasteiger partial charge in [0.2, 0.25) is 0 Å². The third-order valence-electron chi connectivity index (χ3n) is 5.32. The second-order valence-electron chi connectivity index (χ2n) is 7.61. The molecule has 1 saturated carbocycles. The Bertz CT molecular complexity index is 663. The first-order chi connectivity index (χ1) is 13.6. The number of methoxy groups -OCH3 is 1. The maximum atomic E-state index is 8.92. The lowest BCUT2D eigenvalue weighted by atomic mass is 10.2. The first-order valence-corrected chi connectivity index (χ1v) is 10.4. The predicted octanol–water partition coefficient (Wildman–Crippen LogP) is 1.75. The third-order valence-corrected chi connectivity index (χ3v) is 5.32. The Morgan fingerprint density at radius 1 is 1.32 bits per heavy atom. The first-order valence-electron chi connectivity index (χ1n) is 10.4. The molecule has 156 valence electrons. The highest BCUT2D eigenvalue weighted by Gasteiger charge is 2.38. The first kappa shape index (κ1) is 20.7. The van der Waals surface area contributed by atoms with Crippen molar-refractivity contribution in [3.05, 3.63) is 23.8 Å². The second-order valence-corrected chi connectivity index (χ2v) is 7.61. The number of nitrogens with one attached hydrogen (secondary N) is 2. The normalized spacial score (nSPS) is 22.9. The zero-order chi connectivity index (χ0) is 19.9. The Labute approximate surface area is 168 Å². The molecule has 0 amide bonds. The summed E-state index contributed by atoms with van der Waals surface area (Å²) in [6, 6.07) is 7.67. The Morgan fingerprint density at radius 2 is 2.14 bits per heavy atom. The Morgan fingerprint density at radius 3 is 2.82 bits per heavy atom. The highest BCUT2D eigenvalue weighted by molar-refractivity contribution is 5.80. The van der Waals surface area contributed by atoms with E-state index in [9.17, 15) is 0 Å². The number of benzene rings is 1. The van der Waals surface area contributed by atoms with E-state index in [1.54, 1.807) is 7.11 Å². The van der Waals surface area contributed by atoms with E-state index in [4.69, 9.17) is 19.6 Å². The number of likely N-dealkylation sites (tertiary alicyclic amines) is 1. The maximum absolute atomic E-state index is 8.92. The molecule has 2 aliphatic rings. The standard InChI is InChI=1S/C21H34N4O3/c1-4-22-21(24-17-11-15(2)25(14-17)18-6-7-18)23-13-16-5-8-19(28-10-9-26)20(12-16)27-3/h5,8,12,15,17-18,26H,4,6-7,9-11,13-14H2,1-3H3,(H2,22,23,24). The van der Waals surface area contributed by atoms with Gasteiger partial charge in [0.1, 0.15) is 6.61 Å². The predicted molar refractivity (Wildman–Crippen MR) is 111 cm³/mol. The molecular formula is C21H34N4O3. The molecular weight excluding hydrogens is 356 g/mol. The summed E-state index contributed by atoms with van der Waals surface area (Å²) in [7, 11) is 1.62. The van der Waals surface area contributed by atoms with Crippen molar-refractivity contribution in [1.82, 2.24) is 15.5 Å². The fraction of sp³-hybridized carbons (Fsp3) is 0.667. The number of nitrogens with zero attached hydrogens (tertiary/aromatic N) is 2. The summed E-state index contributed by atoms with van der Waals surface area (Å²) in [5.74, 6) is 2.15. The molecule has 1 aromatic carbocycles. The van der Waals surface area contributed by atoms with Crippen molar-refractivity contribution in [3.8, 4) is 11.5 Å². The van der Waals surface area contributed by atoms with Crippen LogP contribution in [-0.4, -0.2) is 67.5 Å². The molecule has 28 heavy (non-hydrogen) atoms. The van der Waals surface area contributed by atoms with Crippen LogP contribution in [0, 0.1) is 0 Å². The van der Waals surface area contributed by atoms with Crippen LogP contribution in [0.25, 0.3) is 0 Å². The molecule has 0 radical (unpaired) electrons. The SMILES string of the molecule is CCNC(=NCc1ccc(OCCO)c(OC)c1)NC1CC(C)N(C2CC2)C1. The molecule has 2 atom stereocenters. The van der Waals surface area contributed by atoms with Crippen molar-refractivity contribution in [2.75, 3.05) is 33.4 Å². The number of aliphatic imine (C=N–C) groups is 1. The molecule has 0 spiro atoms. The zero-order valence-corrected chi connectivity index (χ0v) is 17.3. The Hall–Kier alpha value is -1.99. The number of guanidine groups is 1. The molecule has 3 N–H and O–H groups in total. The molecule has 2 unspecified atom stereocenters. The average Bonchev–Trinajstić information content (AvgIpc) is 3.48. The summed E-state index contributed by atoms with van der Waals surface area (Å²) < 4.78 is 10.9. The van der Waals surface area contributed by atoms with Gasteiger partial charge in [-0.25, -0.2) is 4.99 Å². The van der Waals surface area contributed by atoms with Crippen molar-refractivity contribution in [2.24, 2.45) is 4.99 Å². The molecule has 1 aromatic rings. The lowest BCUT2D eigenvalue weighted by molar-refractivity contribution is 0.196. The van der Waals surface area contributed by atoms with Gasteiger partial charge in [-0.2, -0.15) is 0 Å². The molecule has 7 nitrogen and oxygen atoms in total. The van der Waals surface area contributed by atoms with Crippen LogP contribution >= 0.6 is 0 Å². The van der Waals surface area contributed by atoms with Crippen molar-refractivity contribution < 1.29 is 14.6 Å². The quantitative estimate of drug-likeness (QED) is 0.440. The van der Waals surface area contributed by atoms with E-state index in [2.05, 4.69) is 29.4 Å².